The van der Waals surface area contributed by atoms with Gasteiger partial charge in [0, 0.05) is 37.1 Å². The number of hydrogen-bond acceptors (Lipinski definition) is 6. The fourth-order valence-electron chi connectivity index (χ4n) is 3.75. The predicted molar refractivity (Wildman–Crippen MR) is 98.1 cm³/mol. The van der Waals surface area contributed by atoms with Crippen molar-refractivity contribution >= 4 is 17.8 Å². The van der Waals surface area contributed by atoms with Crippen LogP contribution in [0, 0.1) is 0 Å². The third-order valence-corrected chi connectivity index (χ3v) is 5.24. The molecule has 146 valence electrons. The Kier molecular flexibility index (Phi) is 4.81. The van der Waals surface area contributed by atoms with Crippen LogP contribution in [-0.2, 0) is 4.79 Å². The fraction of sp³-hybridized carbons (Fsp3) is 0.421. The van der Waals surface area contributed by atoms with Crippen molar-refractivity contribution in [2.24, 2.45) is 0 Å². The maximum absolute atomic E-state index is 12.6. The van der Waals surface area contributed by atoms with Gasteiger partial charge in [-0.2, -0.15) is 0 Å². The smallest absolute Gasteiger partial charge is 0.325 e. The second kappa shape index (κ2) is 7.41. The van der Waals surface area contributed by atoms with Crippen LogP contribution in [0.2, 0.25) is 0 Å². The molecular formula is C19H21N5O4. The Labute approximate surface area is 161 Å². The Morgan fingerprint density at radius 3 is 2.89 bits per heavy atom. The Hall–Kier alpha value is -3.23. The zero-order valence-electron chi connectivity index (χ0n) is 15.3. The summed E-state index contributed by atoms with van der Waals surface area (Å²) in [4.78, 5) is 42.1. The van der Waals surface area contributed by atoms with Gasteiger partial charge in [-0.15, -0.1) is 0 Å². The van der Waals surface area contributed by atoms with Crippen LogP contribution >= 0.6 is 0 Å². The van der Waals surface area contributed by atoms with Gasteiger partial charge in [-0.3, -0.25) is 19.5 Å². The number of carbonyl (C=O) groups is 3. The van der Waals surface area contributed by atoms with E-state index >= 15 is 0 Å². The average molecular weight is 383 g/mol. The lowest BCUT2D eigenvalue weighted by Crippen LogP contribution is -2.44. The molecule has 2 fully saturated rings. The van der Waals surface area contributed by atoms with Crippen LogP contribution in [-0.4, -0.2) is 51.5 Å². The lowest BCUT2D eigenvalue weighted by Gasteiger charge is -2.20. The van der Waals surface area contributed by atoms with E-state index < -0.39 is 5.54 Å². The summed E-state index contributed by atoms with van der Waals surface area (Å²) >= 11 is 0. The summed E-state index contributed by atoms with van der Waals surface area (Å²) in [6.45, 7) is 0.588. The number of pyridine rings is 1. The van der Waals surface area contributed by atoms with Gasteiger partial charge in [0.25, 0.3) is 11.8 Å². The van der Waals surface area contributed by atoms with Gasteiger partial charge in [-0.1, -0.05) is 18.0 Å². The number of hydrogen-bond donors (Lipinski definition) is 2. The number of aromatic nitrogens is 2. The van der Waals surface area contributed by atoms with Gasteiger partial charge in [0.1, 0.15) is 5.54 Å². The molecular weight excluding hydrogens is 362 g/mol. The lowest BCUT2D eigenvalue weighted by molar-refractivity contribution is -0.131. The molecule has 2 N–H and O–H groups in total. The molecule has 1 aliphatic carbocycles. The highest BCUT2D eigenvalue weighted by atomic mass is 16.5. The Morgan fingerprint density at radius 2 is 2.14 bits per heavy atom. The molecule has 1 aliphatic heterocycles. The van der Waals surface area contributed by atoms with Crippen molar-refractivity contribution in [1.29, 1.82) is 0 Å². The molecule has 2 aromatic heterocycles. The molecule has 0 unspecified atom stereocenters. The highest BCUT2D eigenvalue weighted by molar-refractivity contribution is 6.07. The molecule has 0 aromatic carbocycles. The van der Waals surface area contributed by atoms with Crippen LogP contribution in [0.1, 0.15) is 42.6 Å². The summed E-state index contributed by atoms with van der Waals surface area (Å²) in [6.07, 6.45) is 7.05. The zero-order chi connectivity index (χ0) is 19.6. The first-order valence-corrected chi connectivity index (χ1v) is 9.38. The van der Waals surface area contributed by atoms with Gasteiger partial charge >= 0.3 is 6.03 Å². The number of amides is 4. The van der Waals surface area contributed by atoms with E-state index in [1.54, 1.807) is 24.5 Å². The summed E-state index contributed by atoms with van der Waals surface area (Å²) in [7, 11) is 0. The van der Waals surface area contributed by atoms with Crippen molar-refractivity contribution in [3.05, 3.63) is 36.3 Å². The summed E-state index contributed by atoms with van der Waals surface area (Å²) in [6, 6.07) is 4.79. The maximum atomic E-state index is 12.6. The van der Waals surface area contributed by atoms with Gasteiger partial charge in [-0.25, -0.2) is 4.79 Å². The normalized spacial score (nSPS) is 17.9. The van der Waals surface area contributed by atoms with Crippen LogP contribution in [0.25, 0.3) is 11.3 Å². The molecule has 9 heteroatoms. The van der Waals surface area contributed by atoms with Crippen molar-refractivity contribution in [2.75, 3.05) is 13.1 Å². The first-order chi connectivity index (χ1) is 13.6. The van der Waals surface area contributed by atoms with E-state index in [2.05, 4.69) is 20.8 Å². The largest absolute Gasteiger partial charge is 0.355 e. The van der Waals surface area contributed by atoms with Crippen LogP contribution in [0.3, 0.4) is 0 Å². The number of rotatable bonds is 6. The van der Waals surface area contributed by atoms with E-state index in [0.29, 0.717) is 31.6 Å². The fourth-order valence-corrected chi connectivity index (χ4v) is 3.75. The quantitative estimate of drug-likeness (QED) is 0.579. The van der Waals surface area contributed by atoms with E-state index in [1.165, 1.54) is 4.90 Å². The van der Waals surface area contributed by atoms with Gasteiger partial charge in [0.2, 0.25) is 0 Å². The van der Waals surface area contributed by atoms with Crippen molar-refractivity contribution in [2.45, 2.75) is 37.6 Å². The summed E-state index contributed by atoms with van der Waals surface area (Å²) in [5.41, 5.74) is 0.205. The minimum atomic E-state index is -0.691. The maximum Gasteiger partial charge on any atom is 0.325 e. The van der Waals surface area contributed by atoms with Crippen molar-refractivity contribution < 1.29 is 18.9 Å². The van der Waals surface area contributed by atoms with Crippen LogP contribution in [0.5, 0.6) is 0 Å². The van der Waals surface area contributed by atoms with E-state index in [1.807, 2.05) is 6.07 Å². The van der Waals surface area contributed by atoms with E-state index in [-0.39, 0.29) is 30.1 Å². The second-order valence-corrected chi connectivity index (χ2v) is 7.10. The first-order valence-electron chi connectivity index (χ1n) is 9.38. The molecule has 4 rings (SSSR count). The molecule has 1 saturated heterocycles. The summed E-state index contributed by atoms with van der Waals surface area (Å²) in [5.74, 6) is -0.0539. The summed E-state index contributed by atoms with van der Waals surface area (Å²) < 4.78 is 5.18. The molecule has 0 bridgehead atoms. The molecule has 0 atom stereocenters. The van der Waals surface area contributed by atoms with E-state index in [0.717, 1.165) is 18.4 Å². The molecule has 28 heavy (non-hydrogen) atoms. The Balaban J connectivity index is 1.27. The molecule has 3 heterocycles. The van der Waals surface area contributed by atoms with E-state index in [9.17, 15) is 14.4 Å². The number of urea groups is 1. The number of carbonyl (C=O) groups excluding carboxylic acids is 3. The Bertz CT molecular complexity index is 889. The van der Waals surface area contributed by atoms with E-state index in [4.69, 9.17) is 4.52 Å². The highest BCUT2D eigenvalue weighted by Crippen LogP contribution is 2.34. The van der Waals surface area contributed by atoms with Crippen molar-refractivity contribution in [3.8, 4) is 11.3 Å². The Morgan fingerprint density at radius 1 is 1.32 bits per heavy atom. The standard InChI is InChI=1S/C19H21N5O4/c25-16(14-11-15(28-23-14)13-5-3-8-20-12-13)21-9-4-10-24-17(26)19(22-18(24)27)6-1-2-7-19/h3,5,8,11-12H,1-2,4,6-7,9-10H2,(H,21,25)(H,22,27). The molecule has 1 spiro atoms. The van der Waals surface area contributed by atoms with Crippen molar-refractivity contribution in [1.82, 2.24) is 25.7 Å². The predicted octanol–water partition coefficient (Wildman–Crippen LogP) is 1.72. The van der Waals surface area contributed by atoms with Crippen LogP contribution in [0.4, 0.5) is 4.79 Å². The monoisotopic (exact) mass is 383 g/mol. The molecule has 0 radical (unpaired) electrons. The second-order valence-electron chi connectivity index (χ2n) is 7.10. The van der Waals surface area contributed by atoms with Gasteiger partial charge in [-0.05, 0) is 31.4 Å². The SMILES string of the molecule is O=C(NCCCN1C(=O)NC2(CCCC2)C1=O)c1cc(-c2cccnc2)on1. The third kappa shape index (κ3) is 3.35. The highest BCUT2D eigenvalue weighted by Gasteiger charge is 2.51. The van der Waals surface area contributed by atoms with Crippen LogP contribution < -0.4 is 10.6 Å². The molecule has 1 saturated carbocycles. The average Bonchev–Trinajstić information content (AvgIpc) is 3.42. The summed E-state index contributed by atoms with van der Waals surface area (Å²) in [5, 5.41) is 9.35. The van der Waals surface area contributed by atoms with Crippen molar-refractivity contribution in [3.63, 3.8) is 0 Å². The lowest BCUT2D eigenvalue weighted by atomic mass is 9.98. The van der Waals surface area contributed by atoms with Crippen LogP contribution in [0.15, 0.2) is 35.1 Å². The molecule has 9 nitrogen and oxygen atoms in total. The first kappa shape index (κ1) is 18.1. The number of nitrogens with zero attached hydrogens (tertiary/aromatic N) is 3. The zero-order valence-corrected chi connectivity index (χ0v) is 15.3. The minimum Gasteiger partial charge on any atom is -0.355 e. The molecule has 2 aliphatic rings. The molecule has 2 aromatic rings. The number of imide groups is 1. The van der Waals surface area contributed by atoms with Gasteiger partial charge in [0.15, 0.2) is 11.5 Å². The minimum absolute atomic E-state index is 0.140. The molecule has 4 amide bonds. The topological polar surface area (TPSA) is 117 Å². The van der Waals surface area contributed by atoms with Gasteiger partial charge in [0.05, 0.1) is 0 Å². The third-order valence-electron chi connectivity index (χ3n) is 5.24. The van der Waals surface area contributed by atoms with Gasteiger partial charge < -0.3 is 15.2 Å². The number of nitrogens with one attached hydrogen (secondary N) is 2.